The van der Waals surface area contributed by atoms with Crippen molar-refractivity contribution in [3.63, 3.8) is 0 Å². The number of aromatic amines is 1. The van der Waals surface area contributed by atoms with E-state index in [0.717, 1.165) is 19.4 Å². The molecule has 2 aliphatic rings. The number of carbonyl (C=O) groups is 1. The molecule has 92 valence electrons. The Morgan fingerprint density at radius 2 is 2.53 bits per heavy atom. The number of nitrogens with two attached hydrogens (primary N) is 1. The van der Waals surface area contributed by atoms with E-state index in [9.17, 15) is 4.79 Å². The first-order valence-electron chi connectivity index (χ1n) is 5.94. The number of carbonyl (C=O) groups excluding carboxylic acids is 1. The minimum atomic E-state index is -0.171. The predicted octanol–water partition coefficient (Wildman–Crippen LogP) is -0.356. The molecule has 1 aromatic heterocycles. The predicted molar refractivity (Wildman–Crippen MR) is 60.3 cm³/mol. The van der Waals surface area contributed by atoms with Gasteiger partial charge in [0.05, 0.1) is 24.7 Å². The van der Waals surface area contributed by atoms with Crippen LogP contribution >= 0.6 is 0 Å². The van der Waals surface area contributed by atoms with Crippen LogP contribution in [0.2, 0.25) is 0 Å². The fourth-order valence-corrected chi connectivity index (χ4v) is 2.74. The van der Waals surface area contributed by atoms with Crippen molar-refractivity contribution in [2.45, 2.75) is 31.0 Å². The topological polar surface area (TPSA) is 93.0 Å². The second kappa shape index (κ2) is 4.12. The summed E-state index contributed by atoms with van der Waals surface area (Å²) < 4.78 is 5.66. The summed E-state index contributed by atoms with van der Waals surface area (Å²) in [6, 6.07) is -0.0664. The zero-order valence-corrected chi connectivity index (χ0v) is 9.43. The molecule has 1 amide bonds. The molecule has 6 heteroatoms. The summed E-state index contributed by atoms with van der Waals surface area (Å²) in [6.07, 6.45) is 5.23. The Morgan fingerprint density at radius 3 is 3.29 bits per heavy atom. The van der Waals surface area contributed by atoms with Gasteiger partial charge in [-0.3, -0.25) is 4.79 Å². The van der Waals surface area contributed by atoms with Crippen molar-refractivity contribution >= 4 is 5.91 Å². The van der Waals surface area contributed by atoms with Gasteiger partial charge in [0.15, 0.2) is 0 Å². The zero-order valence-electron chi connectivity index (χ0n) is 9.43. The highest BCUT2D eigenvalue weighted by atomic mass is 16.5. The van der Waals surface area contributed by atoms with E-state index >= 15 is 0 Å². The van der Waals surface area contributed by atoms with Gasteiger partial charge in [0, 0.05) is 18.6 Å². The molecule has 4 N–H and O–H groups in total. The second-order valence-electron chi connectivity index (χ2n) is 4.68. The van der Waals surface area contributed by atoms with E-state index in [1.54, 1.807) is 0 Å². The first-order valence-corrected chi connectivity index (χ1v) is 5.94. The van der Waals surface area contributed by atoms with E-state index in [1.807, 2.05) is 0 Å². The average molecular weight is 236 g/mol. The van der Waals surface area contributed by atoms with E-state index in [2.05, 4.69) is 15.3 Å². The van der Waals surface area contributed by atoms with Crippen molar-refractivity contribution in [3.05, 3.63) is 18.2 Å². The molecule has 1 aliphatic heterocycles. The second-order valence-corrected chi connectivity index (χ2v) is 4.68. The number of amides is 1. The molecule has 0 aromatic carbocycles. The highest BCUT2D eigenvalue weighted by Gasteiger charge is 2.51. The van der Waals surface area contributed by atoms with Gasteiger partial charge in [0.2, 0.25) is 0 Å². The van der Waals surface area contributed by atoms with Crippen LogP contribution in [0.3, 0.4) is 0 Å². The molecule has 17 heavy (non-hydrogen) atoms. The van der Waals surface area contributed by atoms with Gasteiger partial charge in [-0.15, -0.1) is 0 Å². The summed E-state index contributed by atoms with van der Waals surface area (Å²) in [5, 5.41) is 2.91. The fourth-order valence-electron chi connectivity index (χ4n) is 2.74. The summed E-state index contributed by atoms with van der Waals surface area (Å²) in [5.41, 5.74) is 6.51. The lowest BCUT2D eigenvalue weighted by molar-refractivity contribution is -0.117. The molecule has 4 unspecified atom stereocenters. The van der Waals surface area contributed by atoms with Crippen molar-refractivity contribution in [3.8, 4) is 0 Å². The van der Waals surface area contributed by atoms with E-state index in [-0.39, 0.29) is 24.1 Å². The number of rotatable bonds is 2. The van der Waals surface area contributed by atoms with Crippen molar-refractivity contribution in [1.82, 2.24) is 15.3 Å². The number of ether oxygens (including phenoxy) is 1. The fraction of sp³-hybridized carbons (Fsp3) is 0.636. The van der Waals surface area contributed by atoms with Crippen molar-refractivity contribution < 1.29 is 9.53 Å². The maximum Gasteiger partial charge on any atom is 0.269 e. The van der Waals surface area contributed by atoms with Crippen LogP contribution in [0.4, 0.5) is 0 Å². The van der Waals surface area contributed by atoms with E-state index < -0.39 is 0 Å². The molecule has 0 spiro atoms. The van der Waals surface area contributed by atoms with Gasteiger partial charge in [-0.1, -0.05) is 0 Å². The molecule has 1 aromatic rings. The Hall–Kier alpha value is -1.40. The van der Waals surface area contributed by atoms with Gasteiger partial charge in [0.1, 0.15) is 5.69 Å². The quantitative estimate of drug-likeness (QED) is 0.654. The Balaban J connectivity index is 1.64. The summed E-state index contributed by atoms with van der Waals surface area (Å²) in [5.74, 6) is 0.228. The number of H-pyrrole nitrogens is 1. The van der Waals surface area contributed by atoms with Crippen LogP contribution in [-0.4, -0.2) is 40.7 Å². The minimum Gasteiger partial charge on any atom is -0.376 e. The molecule has 2 heterocycles. The molecule has 3 rings (SSSR count). The number of fused-ring (bicyclic) bond motifs is 1. The maximum absolute atomic E-state index is 11.8. The first kappa shape index (κ1) is 10.7. The molecule has 1 saturated carbocycles. The highest BCUT2D eigenvalue weighted by molar-refractivity contribution is 5.92. The molecule has 1 aliphatic carbocycles. The van der Waals surface area contributed by atoms with Crippen LogP contribution in [-0.2, 0) is 4.74 Å². The molecule has 4 atom stereocenters. The molecule has 0 radical (unpaired) electrons. The third-order valence-corrected chi connectivity index (χ3v) is 3.72. The van der Waals surface area contributed by atoms with Crippen LogP contribution < -0.4 is 11.1 Å². The standard InChI is InChI=1S/C11H16N4O2/c12-8-6-2-1-3-17-10(6)9(8)15-11(16)7-4-13-5-14-7/h4-6,8-10H,1-3,12H2,(H,13,14)(H,15,16). The van der Waals surface area contributed by atoms with Gasteiger partial charge in [-0.2, -0.15) is 0 Å². The lowest BCUT2D eigenvalue weighted by Gasteiger charge is -2.52. The maximum atomic E-state index is 11.8. The zero-order chi connectivity index (χ0) is 11.8. The molecular formula is C11H16N4O2. The van der Waals surface area contributed by atoms with Gasteiger partial charge in [-0.05, 0) is 12.8 Å². The Morgan fingerprint density at radius 1 is 1.65 bits per heavy atom. The van der Waals surface area contributed by atoms with Gasteiger partial charge in [0.25, 0.3) is 5.91 Å². The number of hydrogen-bond acceptors (Lipinski definition) is 4. The SMILES string of the molecule is NC1C2CCCOC2C1NC(=O)c1cnc[nH]1. The Labute approximate surface area is 98.9 Å². The normalized spacial score (nSPS) is 35.8. The summed E-state index contributed by atoms with van der Waals surface area (Å²) in [7, 11) is 0. The third kappa shape index (κ3) is 1.73. The molecule has 2 fully saturated rings. The number of nitrogens with one attached hydrogen (secondary N) is 2. The lowest BCUT2D eigenvalue weighted by Crippen LogP contribution is -2.72. The molecule has 1 saturated heterocycles. The number of imidazole rings is 1. The summed E-state index contributed by atoms with van der Waals surface area (Å²) in [4.78, 5) is 18.4. The number of aromatic nitrogens is 2. The minimum absolute atomic E-state index is 0.00664. The van der Waals surface area contributed by atoms with E-state index in [4.69, 9.17) is 10.5 Å². The smallest absolute Gasteiger partial charge is 0.269 e. The number of nitrogens with zero attached hydrogens (tertiary/aromatic N) is 1. The summed E-state index contributed by atoms with van der Waals surface area (Å²) in [6.45, 7) is 0.768. The molecular weight excluding hydrogens is 220 g/mol. The Kier molecular flexibility index (Phi) is 2.60. The van der Waals surface area contributed by atoms with Crippen LogP contribution in [0.25, 0.3) is 0 Å². The van der Waals surface area contributed by atoms with Gasteiger partial charge < -0.3 is 20.8 Å². The van der Waals surface area contributed by atoms with Gasteiger partial charge in [-0.25, -0.2) is 4.98 Å². The van der Waals surface area contributed by atoms with Crippen molar-refractivity contribution in [2.24, 2.45) is 11.7 Å². The van der Waals surface area contributed by atoms with Crippen molar-refractivity contribution in [1.29, 1.82) is 0 Å². The van der Waals surface area contributed by atoms with Crippen LogP contribution in [0.5, 0.6) is 0 Å². The molecule has 6 nitrogen and oxygen atoms in total. The largest absolute Gasteiger partial charge is 0.376 e. The van der Waals surface area contributed by atoms with Crippen LogP contribution in [0.15, 0.2) is 12.5 Å². The average Bonchev–Trinajstić information content (AvgIpc) is 2.89. The van der Waals surface area contributed by atoms with Crippen LogP contribution in [0.1, 0.15) is 23.3 Å². The van der Waals surface area contributed by atoms with Crippen LogP contribution in [0, 0.1) is 5.92 Å². The lowest BCUT2D eigenvalue weighted by atomic mass is 9.68. The van der Waals surface area contributed by atoms with E-state index in [1.165, 1.54) is 12.5 Å². The summed E-state index contributed by atoms with van der Waals surface area (Å²) >= 11 is 0. The first-order chi connectivity index (χ1) is 8.27. The Bertz CT molecular complexity index is 406. The van der Waals surface area contributed by atoms with E-state index in [0.29, 0.717) is 11.6 Å². The van der Waals surface area contributed by atoms with Gasteiger partial charge >= 0.3 is 0 Å². The van der Waals surface area contributed by atoms with Crippen molar-refractivity contribution in [2.75, 3.05) is 6.61 Å². The highest BCUT2D eigenvalue weighted by Crippen LogP contribution is 2.36. The number of hydrogen-bond donors (Lipinski definition) is 3. The third-order valence-electron chi connectivity index (χ3n) is 3.72. The molecule has 0 bridgehead atoms. The monoisotopic (exact) mass is 236 g/mol.